The van der Waals surface area contributed by atoms with Crippen LogP contribution in [0.1, 0.15) is 12.7 Å². The van der Waals surface area contributed by atoms with Crippen LogP contribution in [0, 0.1) is 5.92 Å². The maximum absolute atomic E-state index is 10.4. The van der Waals surface area contributed by atoms with Crippen molar-refractivity contribution in [3.05, 3.63) is 17.3 Å². The zero-order valence-electron chi connectivity index (χ0n) is 6.45. The number of carboxylic acids is 1. The smallest absolute Gasteiger partial charge is 0.306 e. The van der Waals surface area contributed by atoms with Crippen molar-refractivity contribution < 1.29 is 14.3 Å². The van der Waals surface area contributed by atoms with Gasteiger partial charge in [-0.1, -0.05) is 6.92 Å². The number of nitrogens with zero attached hydrogens (tertiary/aromatic N) is 1. The molecule has 1 aromatic rings. The quantitative estimate of drug-likeness (QED) is 0.785. The molecule has 12 heavy (non-hydrogen) atoms. The van der Waals surface area contributed by atoms with Crippen LogP contribution in [0.25, 0.3) is 0 Å². The maximum atomic E-state index is 10.4. The molecule has 0 amide bonds. The van der Waals surface area contributed by atoms with Crippen molar-refractivity contribution in [1.82, 2.24) is 4.98 Å². The Balaban J connectivity index is 2.58. The van der Waals surface area contributed by atoms with Crippen molar-refractivity contribution in [1.29, 1.82) is 0 Å². The lowest BCUT2D eigenvalue weighted by atomic mass is 10.1. The van der Waals surface area contributed by atoms with Crippen LogP contribution in [-0.2, 0) is 11.2 Å². The molecule has 0 fully saturated rings. The highest BCUT2D eigenvalue weighted by atomic mass is 35.5. The first-order chi connectivity index (χ1) is 5.59. The summed E-state index contributed by atoms with van der Waals surface area (Å²) in [5.41, 5.74) is 0. The molecule has 1 aromatic heterocycles. The van der Waals surface area contributed by atoms with Gasteiger partial charge in [-0.15, -0.1) is 0 Å². The van der Waals surface area contributed by atoms with Crippen LogP contribution >= 0.6 is 11.6 Å². The Labute approximate surface area is 74.2 Å². The SMILES string of the molecule is CC(Cc1cnc(Cl)o1)C(=O)O. The van der Waals surface area contributed by atoms with Crippen LogP contribution in [0.15, 0.2) is 10.6 Å². The Morgan fingerprint density at radius 3 is 3.00 bits per heavy atom. The Morgan fingerprint density at radius 1 is 1.92 bits per heavy atom. The number of hydrogen-bond acceptors (Lipinski definition) is 3. The highest BCUT2D eigenvalue weighted by molar-refractivity contribution is 6.27. The lowest BCUT2D eigenvalue weighted by Gasteiger charge is -2.00. The van der Waals surface area contributed by atoms with E-state index in [0.717, 1.165) is 0 Å². The predicted molar refractivity (Wildman–Crippen MR) is 42.0 cm³/mol. The standard InChI is InChI=1S/C7H8ClNO3/c1-4(6(10)11)2-5-3-9-7(8)12-5/h3-4H,2H2,1H3,(H,10,11). The third-order valence-electron chi connectivity index (χ3n) is 1.45. The highest BCUT2D eigenvalue weighted by Gasteiger charge is 2.14. The molecule has 1 rings (SSSR count). The molecular weight excluding hydrogens is 182 g/mol. The fourth-order valence-corrected chi connectivity index (χ4v) is 0.915. The van der Waals surface area contributed by atoms with E-state index in [1.54, 1.807) is 6.92 Å². The monoisotopic (exact) mass is 189 g/mol. The number of carbonyl (C=O) groups is 1. The molecule has 66 valence electrons. The molecule has 0 aliphatic heterocycles. The second-order valence-corrected chi connectivity index (χ2v) is 2.85. The molecule has 1 unspecified atom stereocenters. The van der Waals surface area contributed by atoms with Gasteiger partial charge in [0.15, 0.2) is 0 Å². The fourth-order valence-electron chi connectivity index (χ4n) is 0.767. The Hall–Kier alpha value is -1.03. The maximum Gasteiger partial charge on any atom is 0.306 e. The van der Waals surface area contributed by atoms with Gasteiger partial charge in [0.05, 0.1) is 12.1 Å². The van der Waals surface area contributed by atoms with E-state index in [9.17, 15) is 4.79 Å². The number of halogens is 1. The van der Waals surface area contributed by atoms with E-state index in [2.05, 4.69) is 4.98 Å². The summed E-state index contributed by atoms with van der Waals surface area (Å²) in [5.74, 6) is -0.841. The molecule has 0 aliphatic rings. The van der Waals surface area contributed by atoms with E-state index in [1.165, 1.54) is 6.20 Å². The molecule has 1 heterocycles. The first-order valence-electron chi connectivity index (χ1n) is 3.42. The zero-order chi connectivity index (χ0) is 9.14. The zero-order valence-corrected chi connectivity index (χ0v) is 7.21. The van der Waals surface area contributed by atoms with Gasteiger partial charge in [-0.05, 0) is 11.6 Å². The molecular formula is C7H8ClNO3. The fraction of sp³-hybridized carbons (Fsp3) is 0.429. The Morgan fingerprint density at radius 2 is 2.58 bits per heavy atom. The van der Waals surface area contributed by atoms with Crippen molar-refractivity contribution >= 4 is 17.6 Å². The van der Waals surface area contributed by atoms with Gasteiger partial charge in [0.1, 0.15) is 5.76 Å². The third-order valence-corrected chi connectivity index (χ3v) is 1.63. The second-order valence-electron chi connectivity index (χ2n) is 2.52. The molecule has 1 atom stereocenters. The normalized spacial score (nSPS) is 12.8. The summed E-state index contributed by atoms with van der Waals surface area (Å²) in [5, 5.41) is 8.60. The number of hydrogen-bond donors (Lipinski definition) is 1. The molecule has 0 spiro atoms. The Bertz CT molecular complexity index is 284. The van der Waals surface area contributed by atoms with Crippen LogP contribution in [0.5, 0.6) is 0 Å². The number of carboxylic acid groups (broad SMARTS) is 1. The van der Waals surface area contributed by atoms with E-state index < -0.39 is 11.9 Å². The number of aromatic nitrogens is 1. The second kappa shape index (κ2) is 3.58. The van der Waals surface area contributed by atoms with Gasteiger partial charge in [-0.2, -0.15) is 0 Å². The van der Waals surface area contributed by atoms with Crippen LogP contribution in [0.3, 0.4) is 0 Å². The summed E-state index contributed by atoms with van der Waals surface area (Å²) in [6.45, 7) is 1.60. The summed E-state index contributed by atoms with van der Waals surface area (Å²) < 4.78 is 4.90. The number of rotatable bonds is 3. The van der Waals surface area contributed by atoms with E-state index in [4.69, 9.17) is 21.1 Å². The molecule has 0 bridgehead atoms. The van der Waals surface area contributed by atoms with Crippen LogP contribution < -0.4 is 0 Å². The molecule has 0 radical (unpaired) electrons. The summed E-state index contributed by atoms with van der Waals surface area (Å²) in [7, 11) is 0. The molecule has 0 saturated heterocycles. The number of oxazole rings is 1. The summed E-state index contributed by atoms with van der Waals surface area (Å²) in [6, 6.07) is 0. The minimum absolute atomic E-state index is 0.0441. The van der Waals surface area contributed by atoms with E-state index in [0.29, 0.717) is 12.2 Å². The average molecular weight is 190 g/mol. The summed E-state index contributed by atoms with van der Waals surface area (Å²) in [6.07, 6.45) is 1.75. The van der Waals surface area contributed by atoms with Crippen molar-refractivity contribution in [3.8, 4) is 0 Å². The Kier molecular flexibility index (Phi) is 2.70. The third kappa shape index (κ3) is 2.23. The highest BCUT2D eigenvalue weighted by Crippen LogP contribution is 2.13. The number of aliphatic carboxylic acids is 1. The molecule has 0 aromatic carbocycles. The van der Waals surface area contributed by atoms with Gasteiger partial charge >= 0.3 is 5.97 Å². The van der Waals surface area contributed by atoms with Crippen molar-refractivity contribution in [2.45, 2.75) is 13.3 Å². The molecule has 0 saturated carbocycles. The summed E-state index contributed by atoms with van der Waals surface area (Å²) in [4.78, 5) is 14.1. The first kappa shape index (κ1) is 9.06. The topological polar surface area (TPSA) is 63.3 Å². The van der Waals surface area contributed by atoms with Gasteiger partial charge in [0, 0.05) is 6.42 Å². The molecule has 0 aliphatic carbocycles. The van der Waals surface area contributed by atoms with Gasteiger partial charge in [-0.3, -0.25) is 4.79 Å². The van der Waals surface area contributed by atoms with E-state index in [1.807, 2.05) is 0 Å². The lowest BCUT2D eigenvalue weighted by molar-refractivity contribution is -0.141. The summed E-state index contributed by atoms with van der Waals surface area (Å²) >= 11 is 5.40. The van der Waals surface area contributed by atoms with Crippen LogP contribution in [-0.4, -0.2) is 16.1 Å². The minimum Gasteiger partial charge on any atom is -0.481 e. The first-order valence-corrected chi connectivity index (χ1v) is 3.80. The minimum atomic E-state index is -0.859. The van der Waals surface area contributed by atoms with E-state index >= 15 is 0 Å². The van der Waals surface area contributed by atoms with Gasteiger partial charge in [0.25, 0.3) is 5.35 Å². The molecule has 5 heteroatoms. The van der Waals surface area contributed by atoms with Crippen molar-refractivity contribution in [2.75, 3.05) is 0 Å². The van der Waals surface area contributed by atoms with E-state index in [-0.39, 0.29) is 5.35 Å². The average Bonchev–Trinajstić information content (AvgIpc) is 2.35. The van der Waals surface area contributed by atoms with Gasteiger partial charge in [-0.25, -0.2) is 4.98 Å². The van der Waals surface area contributed by atoms with Crippen molar-refractivity contribution in [3.63, 3.8) is 0 Å². The predicted octanol–water partition coefficient (Wildman–Crippen LogP) is 1.59. The van der Waals surface area contributed by atoms with Crippen LogP contribution in [0.4, 0.5) is 0 Å². The molecule has 4 nitrogen and oxygen atoms in total. The van der Waals surface area contributed by atoms with Gasteiger partial charge in [0.2, 0.25) is 0 Å². The van der Waals surface area contributed by atoms with Crippen LogP contribution in [0.2, 0.25) is 5.35 Å². The molecule has 1 N–H and O–H groups in total. The largest absolute Gasteiger partial charge is 0.481 e. The van der Waals surface area contributed by atoms with Gasteiger partial charge < -0.3 is 9.52 Å². The lowest BCUT2D eigenvalue weighted by Crippen LogP contribution is -2.11. The van der Waals surface area contributed by atoms with Crippen molar-refractivity contribution in [2.24, 2.45) is 5.92 Å².